The molecule has 0 spiro atoms. The van der Waals surface area contributed by atoms with Gasteiger partial charge in [-0.3, -0.25) is 0 Å². The summed E-state index contributed by atoms with van der Waals surface area (Å²) in [6, 6.07) is 39.0. The van der Waals surface area contributed by atoms with Gasteiger partial charge in [-0.2, -0.15) is 0 Å². The first-order valence-electron chi connectivity index (χ1n) is 13.6. The second kappa shape index (κ2) is 13.4. The number of benzene rings is 5. The number of halogens is 3. The third-order valence-corrected chi connectivity index (χ3v) is 11.1. The SMILES string of the molecule is BrC1=[C+]C=Cc2c1sc1ccccc21.Clc1ccccc1Cc1cccc2c1sc1ccccc12.Nc1ccccc1Cl. The number of hydrogen-bond acceptors (Lipinski definition) is 3. The summed E-state index contributed by atoms with van der Waals surface area (Å²) < 4.78 is 5.12. The molecule has 0 saturated carbocycles. The highest BCUT2D eigenvalue weighted by Crippen LogP contribution is 2.40. The van der Waals surface area contributed by atoms with Crippen molar-refractivity contribution in [2.24, 2.45) is 0 Å². The summed E-state index contributed by atoms with van der Waals surface area (Å²) in [7, 11) is 0. The van der Waals surface area contributed by atoms with Crippen molar-refractivity contribution < 1.29 is 0 Å². The van der Waals surface area contributed by atoms with Gasteiger partial charge in [-0.25, -0.2) is 0 Å². The predicted octanol–water partition coefficient (Wildman–Crippen LogP) is 12.7. The maximum Gasteiger partial charge on any atom is 0.199 e. The maximum absolute atomic E-state index is 6.31. The third-order valence-electron chi connectivity index (χ3n) is 7.02. The van der Waals surface area contributed by atoms with E-state index in [1.165, 1.54) is 51.8 Å². The lowest BCUT2D eigenvalue weighted by atomic mass is 10.0. The molecular weight excluding hydrogens is 673 g/mol. The van der Waals surface area contributed by atoms with Crippen LogP contribution in [0.15, 0.2) is 121 Å². The Morgan fingerprint density at radius 2 is 1.23 bits per heavy atom. The van der Waals surface area contributed by atoms with Gasteiger partial charge in [0.05, 0.1) is 27.6 Å². The Bertz CT molecular complexity index is 2100. The van der Waals surface area contributed by atoms with Crippen LogP contribution in [0, 0.1) is 6.08 Å². The summed E-state index contributed by atoms with van der Waals surface area (Å²) in [6.45, 7) is 0. The van der Waals surface area contributed by atoms with E-state index in [-0.39, 0.29) is 0 Å². The first-order chi connectivity index (χ1) is 21.0. The summed E-state index contributed by atoms with van der Waals surface area (Å²) in [5, 5.41) is 5.49. The van der Waals surface area contributed by atoms with Gasteiger partial charge in [-0.1, -0.05) is 119 Å². The Hall–Kier alpha value is -3.47. The van der Waals surface area contributed by atoms with E-state index < -0.39 is 0 Å². The Labute approximate surface area is 277 Å². The third kappa shape index (κ3) is 6.56. The van der Waals surface area contributed by atoms with Crippen molar-refractivity contribution in [2.45, 2.75) is 6.42 Å². The van der Waals surface area contributed by atoms with Crippen LogP contribution in [0.25, 0.3) is 40.8 Å². The van der Waals surface area contributed by atoms with E-state index in [1.807, 2.05) is 59.1 Å². The lowest BCUT2D eigenvalue weighted by molar-refractivity contribution is 1.22. The number of thiophene rings is 2. The van der Waals surface area contributed by atoms with Crippen molar-refractivity contribution >= 4 is 108 Å². The molecule has 8 rings (SSSR count). The van der Waals surface area contributed by atoms with Crippen molar-refractivity contribution in [3.63, 3.8) is 0 Å². The smallest absolute Gasteiger partial charge is 0.199 e. The fourth-order valence-corrected chi connectivity index (χ4v) is 8.16. The minimum absolute atomic E-state index is 0.618. The molecule has 0 bridgehead atoms. The van der Waals surface area contributed by atoms with Gasteiger partial charge in [-0.05, 0) is 57.4 Å². The molecular formula is C37H25BrCl2NS2+. The van der Waals surface area contributed by atoms with Crippen molar-refractivity contribution in [1.82, 2.24) is 0 Å². The van der Waals surface area contributed by atoms with E-state index in [0.29, 0.717) is 10.7 Å². The van der Waals surface area contributed by atoms with E-state index in [0.717, 1.165) is 15.9 Å². The first kappa shape index (κ1) is 29.6. The van der Waals surface area contributed by atoms with Crippen LogP contribution in [0.2, 0.25) is 10.0 Å². The molecule has 0 fully saturated rings. The zero-order valence-corrected chi connectivity index (χ0v) is 27.6. The molecule has 0 amide bonds. The molecule has 6 heteroatoms. The summed E-state index contributed by atoms with van der Waals surface area (Å²) in [5.41, 5.74) is 9.87. The lowest BCUT2D eigenvalue weighted by Crippen LogP contribution is -1.89. The van der Waals surface area contributed by atoms with Gasteiger partial charge in [0.25, 0.3) is 0 Å². The fourth-order valence-electron chi connectivity index (χ4n) is 4.92. The van der Waals surface area contributed by atoms with E-state index in [1.54, 1.807) is 12.1 Å². The number of nitrogens with two attached hydrogens (primary N) is 1. The van der Waals surface area contributed by atoms with E-state index in [9.17, 15) is 0 Å². The molecule has 43 heavy (non-hydrogen) atoms. The molecule has 210 valence electrons. The molecule has 7 aromatic rings. The molecule has 5 aromatic carbocycles. The Balaban J connectivity index is 0.000000128. The standard InChI is InChI=1S/C19H13ClS.C12H6BrS.C6H6ClN/c20-17-10-3-1-6-13(17)12-14-7-5-9-16-15-8-2-4-11-18(15)21-19(14)16;13-10-6-3-5-9-8-4-1-2-7-11(8)14-12(9)10;7-5-3-1-2-4-6(5)8/h1-11H,12H2;1-5,7H;1-4H,8H2/q;+1;. The highest BCUT2D eigenvalue weighted by molar-refractivity contribution is 9.15. The topological polar surface area (TPSA) is 26.0 Å². The molecule has 0 aliphatic heterocycles. The molecule has 0 atom stereocenters. The van der Waals surface area contributed by atoms with Gasteiger partial charge in [0.2, 0.25) is 0 Å². The average molecular weight is 699 g/mol. The van der Waals surface area contributed by atoms with Gasteiger partial charge in [-0.15, -0.1) is 11.3 Å². The maximum atomic E-state index is 6.31. The van der Waals surface area contributed by atoms with Crippen molar-refractivity contribution in [1.29, 1.82) is 0 Å². The quantitative estimate of drug-likeness (QED) is 0.141. The lowest BCUT2D eigenvalue weighted by Gasteiger charge is -2.05. The van der Waals surface area contributed by atoms with Gasteiger partial charge in [0, 0.05) is 37.0 Å². The Morgan fingerprint density at radius 1 is 0.628 bits per heavy atom. The molecule has 2 N–H and O–H groups in total. The van der Waals surface area contributed by atoms with Gasteiger partial charge >= 0.3 is 0 Å². The summed E-state index contributed by atoms with van der Waals surface area (Å²) in [5.74, 6) is 0. The summed E-state index contributed by atoms with van der Waals surface area (Å²) >= 11 is 19.1. The molecule has 1 nitrogen and oxygen atoms in total. The van der Waals surface area contributed by atoms with Crippen LogP contribution in [0.1, 0.15) is 21.6 Å². The van der Waals surface area contributed by atoms with Crippen molar-refractivity contribution in [3.05, 3.63) is 159 Å². The molecule has 0 radical (unpaired) electrons. The second-order valence-corrected chi connectivity index (χ2v) is 13.5. The number of nitrogen functional groups attached to an aromatic ring is 1. The van der Waals surface area contributed by atoms with Crippen LogP contribution < -0.4 is 5.73 Å². The second-order valence-electron chi connectivity index (χ2n) is 9.81. The molecule has 0 unspecified atom stereocenters. The zero-order chi connectivity index (χ0) is 29.8. The number of hydrogen-bond donors (Lipinski definition) is 1. The molecule has 2 heterocycles. The number of para-hydroxylation sites is 1. The summed E-state index contributed by atoms with van der Waals surface area (Å²) in [4.78, 5) is 1.29. The molecule has 0 saturated heterocycles. The zero-order valence-electron chi connectivity index (χ0n) is 22.9. The van der Waals surface area contributed by atoms with Gasteiger partial charge in [0.1, 0.15) is 11.6 Å². The molecule has 2 aromatic heterocycles. The van der Waals surface area contributed by atoms with E-state index >= 15 is 0 Å². The average Bonchev–Trinajstić information content (AvgIpc) is 3.61. The first-order valence-corrected chi connectivity index (χ1v) is 16.8. The minimum Gasteiger partial charge on any atom is -0.398 e. The number of rotatable bonds is 2. The predicted molar refractivity (Wildman–Crippen MR) is 196 cm³/mol. The van der Waals surface area contributed by atoms with Crippen LogP contribution in [-0.2, 0) is 6.42 Å². The number of fused-ring (bicyclic) bond motifs is 6. The highest BCUT2D eigenvalue weighted by Gasteiger charge is 2.22. The monoisotopic (exact) mass is 696 g/mol. The van der Waals surface area contributed by atoms with Crippen LogP contribution in [0.5, 0.6) is 0 Å². The Kier molecular flexibility index (Phi) is 9.25. The van der Waals surface area contributed by atoms with Crippen LogP contribution in [0.4, 0.5) is 5.69 Å². The van der Waals surface area contributed by atoms with Crippen LogP contribution in [-0.4, -0.2) is 0 Å². The van der Waals surface area contributed by atoms with E-state index in [2.05, 4.69) is 101 Å². The van der Waals surface area contributed by atoms with E-state index in [4.69, 9.17) is 28.9 Å². The largest absolute Gasteiger partial charge is 0.398 e. The van der Waals surface area contributed by atoms with Crippen LogP contribution >= 0.6 is 61.8 Å². The van der Waals surface area contributed by atoms with Crippen LogP contribution in [0.3, 0.4) is 0 Å². The summed E-state index contributed by atoms with van der Waals surface area (Å²) in [6.07, 6.45) is 8.13. The van der Waals surface area contributed by atoms with Crippen molar-refractivity contribution in [3.8, 4) is 0 Å². The molecule has 1 aliphatic rings. The van der Waals surface area contributed by atoms with Gasteiger partial charge in [0.15, 0.2) is 9.36 Å². The fraction of sp³-hybridized carbons (Fsp3) is 0.0270. The number of anilines is 1. The van der Waals surface area contributed by atoms with Gasteiger partial charge < -0.3 is 5.73 Å². The normalized spacial score (nSPS) is 11.7. The van der Waals surface area contributed by atoms with Crippen molar-refractivity contribution in [2.75, 3.05) is 5.73 Å². The minimum atomic E-state index is 0.618. The Morgan fingerprint density at radius 3 is 1.95 bits per heavy atom. The molecule has 1 aliphatic carbocycles. The number of allylic oxidation sites excluding steroid dienone is 2. The highest BCUT2D eigenvalue weighted by atomic mass is 79.9.